The molecule has 1 aromatic heterocycles. The number of furan rings is 1. The maximum Gasteiger partial charge on any atom is 0.289 e. The lowest BCUT2D eigenvalue weighted by Crippen LogP contribution is -2.46. The van der Waals surface area contributed by atoms with Crippen LogP contribution in [0.2, 0.25) is 0 Å². The largest absolute Gasteiger partial charge is 0.492 e. The lowest BCUT2D eigenvalue weighted by molar-refractivity contribution is 0.0615. The topological polar surface area (TPSA) is 68.7 Å². The summed E-state index contributed by atoms with van der Waals surface area (Å²) in [4.78, 5) is 15.0. The van der Waals surface area contributed by atoms with Crippen LogP contribution < -0.4 is 10.5 Å². The smallest absolute Gasteiger partial charge is 0.289 e. The van der Waals surface area contributed by atoms with Gasteiger partial charge in [0.25, 0.3) is 5.91 Å². The van der Waals surface area contributed by atoms with E-state index in [-0.39, 0.29) is 11.3 Å². The van der Waals surface area contributed by atoms with E-state index in [4.69, 9.17) is 14.9 Å². The second-order valence-corrected chi connectivity index (χ2v) is 8.40. The summed E-state index contributed by atoms with van der Waals surface area (Å²) in [5.74, 6) is 1.86. The number of carbonyl (C=O) groups is 1. The number of piperidine rings is 1. The SMILES string of the molecule is C=C(c1ccccc1)c1ccc(C(=O)N2CCC3(CC2)COc2ccc(CN)cc23)o1. The summed E-state index contributed by atoms with van der Waals surface area (Å²) in [7, 11) is 0. The van der Waals surface area contributed by atoms with Crippen molar-refractivity contribution in [3.63, 3.8) is 0 Å². The Morgan fingerprint density at radius 3 is 2.52 bits per heavy atom. The first kappa shape index (κ1) is 19.6. The van der Waals surface area contributed by atoms with Crippen molar-refractivity contribution in [3.05, 3.63) is 95.5 Å². The van der Waals surface area contributed by atoms with Crippen LogP contribution in [0.25, 0.3) is 5.57 Å². The molecule has 0 atom stereocenters. The second-order valence-electron chi connectivity index (χ2n) is 8.40. The van der Waals surface area contributed by atoms with Crippen molar-refractivity contribution in [1.82, 2.24) is 4.90 Å². The Labute approximate surface area is 182 Å². The zero-order valence-corrected chi connectivity index (χ0v) is 17.5. The molecule has 0 saturated carbocycles. The number of likely N-dealkylation sites (tertiary alicyclic amines) is 1. The number of carbonyl (C=O) groups excluding carboxylic acids is 1. The van der Waals surface area contributed by atoms with Gasteiger partial charge in [0.2, 0.25) is 0 Å². The van der Waals surface area contributed by atoms with Crippen LogP contribution in [0.4, 0.5) is 0 Å². The highest BCUT2D eigenvalue weighted by molar-refractivity contribution is 5.92. The fourth-order valence-corrected chi connectivity index (χ4v) is 4.64. The molecule has 2 N–H and O–H groups in total. The maximum atomic E-state index is 13.1. The van der Waals surface area contributed by atoms with E-state index in [1.165, 1.54) is 5.56 Å². The van der Waals surface area contributed by atoms with Gasteiger partial charge in [-0.05, 0) is 42.2 Å². The molecule has 0 radical (unpaired) electrons. The van der Waals surface area contributed by atoms with Gasteiger partial charge in [-0.2, -0.15) is 0 Å². The lowest BCUT2D eigenvalue weighted by Gasteiger charge is -2.38. The van der Waals surface area contributed by atoms with E-state index in [0.29, 0.717) is 37.8 Å². The molecule has 3 aromatic rings. The Morgan fingerprint density at radius 1 is 1.03 bits per heavy atom. The van der Waals surface area contributed by atoms with Crippen LogP contribution in [0, 0.1) is 0 Å². The maximum absolute atomic E-state index is 13.1. The van der Waals surface area contributed by atoms with Crippen LogP contribution in [0.1, 0.15) is 45.8 Å². The number of nitrogens with two attached hydrogens (primary N) is 1. The van der Waals surface area contributed by atoms with Crippen LogP contribution >= 0.6 is 0 Å². The van der Waals surface area contributed by atoms with Gasteiger partial charge in [-0.25, -0.2) is 0 Å². The number of rotatable bonds is 4. The molecule has 2 aliphatic heterocycles. The molecule has 3 heterocycles. The number of nitrogens with zero attached hydrogens (tertiary/aromatic N) is 1. The van der Waals surface area contributed by atoms with Crippen molar-refractivity contribution in [2.45, 2.75) is 24.8 Å². The van der Waals surface area contributed by atoms with E-state index >= 15 is 0 Å². The molecule has 0 bridgehead atoms. The van der Waals surface area contributed by atoms with Gasteiger partial charge in [0.05, 0.1) is 6.61 Å². The van der Waals surface area contributed by atoms with Crippen LogP contribution in [-0.2, 0) is 12.0 Å². The summed E-state index contributed by atoms with van der Waals surface area (Å²) < 4.78 is 11.9. The van der Waals surface area contributed by atoms with Crippen molar-refractivity contribution in [1.29, 1.82) is 0 Å². The van der Waals surface area contributed by atoms with Gasteiger partial charge in [0.1, 0.15) is 11.5 Å². The van der Waals surface area contributed by atoms with Crippen LogP contribution in [0.15, 0.2) is 71.7 Å². The number of fused-ring (bicyclic) bond motifs is 2. The highest BCUT2D eigenvalue weighted by atomic mass is 16.5. The van der Waals surface area contributed by atoms with Crippen molar-refractivity contribution < 1.29 is 13.9 Å². The summed E-state index contributed by atoms with van der Waals surface area (Å²) in [6, 6.07) is 19.6. The number of hydrogen-bond acceptors (Lipinski definition) is 4. The molecule has 1 fully saturated rings. The van der Waals surface area contributed by atoms with Crippen molar-refractivity contribution in [3.8, 4) is 5.75 Å². The highest BCUT2D eigenvalue weighted by Crippen LogP contribution is 2.46. The predicted octanol–water partition coefficient (Wildman–Crippen LogP) is 4.37. The molecule has 0 aliphatic carbocycles. The van der Waals surface area contributed by atoms with E-state index in [1.807, 2.05) is 53.4 Å². The third-order valence-corrected chi connectivity index (χ3v) is 6.60. The highest BCUT2D eigenvalue weighted by Gasteiger charge is 2.44. The third-order valence-electron chi connectivity index (χ3n) is 6.60. The molecule has 1 saturated heterocycles. The van der Waals surface area contributed by atoms with Gasteiger partial charge in [-0.15, -0.1) is 0 Å². The first-order chi connectivity index (χ1) is 15.1. The normalized spacial score (nSPS) is 16.7. The van der Waals surface area contributed by atoms with E-state index in [2.05, 4.69) is 12.6 Å². The minimum absolute atomic E-state index is 0.0345. The fourth-order valence-electron chi connectivity index (χ4n) is 4.64. The molecule has 5 nitrogen and oxygen atoms in total. The Hall–Kier alpha value is -3.31. The molecule has 1 spiro atoms. The molecule has 158 valence electrons. The number of hydrogen-bond donors (Lipinski definition) is 1. The Balaban J connectivity index is 1.29. The third kappa shape index (κ3) is 3.45. The Kier molecular flexibility index (Phi) is 4.91. The predicted molar refractivity (Wildman–Crippen MR) is 120 cm³/mol. The lowest BCUT2D eigenvalue weighted by atomic mass is 9.74. The molecule has 2 aliphatic rings. The summed E-state index contributed by atoms with van der Waals surface area (Å²) in [5, 5.41) is 0. The molecule has 31 heavy (non-hydrogen) atoms. The van der Waals surface area contributed by atoms with Gasteiger partial charge in [-0.1, -0.05) is 49.0 Å². The molecule has 5 heteroatoms. The van der Waals surface area contributed by atoms with Crippen molar-refractivity contribution in [2.75, 3.05) is 19.7 Å². The molecule has 0 unspecified atom stereocenters. The van der Waals surface area contributed by atoms with Crippen molar-refractivity contribution in [2.24, 2.45) is 5.73 Å². The molecule has 2 aromatic carbocycles. The van der Waals surface area contributed by atoms with Crippen LogP contribution in [0.5, 0.6) is 5.75 Å². The summed E-state index contributed by atoms with van der Waals surface area (Å²) in [5.41, 5.74) is 9.91. The second kappa shape index (κ2) is 7.75. The van der Waals surface area contributed by atoms with Gasteiger partial charge in [0, 0.05) is 36.2 Å². The summed E-state index contributed by atoms with van der Waals surface area (Å²) in [6.45, 7) is 6.65. The van der Waals surface area contributed by atoms with Gasteiger partial charge >= 0.3 is 0 Å². The average Bonchev–Trinajstić information content (AvgIpc) is 3.45. The van der Waals surface area contributed by atoms with Gasteiger partial charge < -0.3 is 19.8 Å². The Bertz CT molecular complexity index is 1120. The van der Waals surface area contributed by atoms with Crippen molar-refractivity contribution >= 4 is 11.5 Å². The van der Waals surface area contributed by atoms with E-state index in [1.54, 1.807) is 6.07 Å². The summed E-state index contributed by atoms with van der Waals surface area (Å²) in [6.07, 6.45) is 1.73. The zero-order valence-electron chi connectivity index (χ0n) is 17.5. The molecular formula is C26H26N2O3. The Morgan fingerprint density at radius 2 is 1.77 bits per heavy atom. The van der Waals surface area contributed by atoms with Crippen LogP contribution in [0.3, 0.4) is 0 Å². The van der Waals surface area contributed by atoms with Crippen LogP contribution in [-0.4, -0.2) is 30.5 Å². The first-order valence-corrected chi connectivity index (χ1v) is 10.7. The molecule has 5 rings (SSSR count). The monoisotopic (exact) mass is 414 g/mol. The molecular weight excluding hydrogens is 388 g/mol. The number of benzene rings is 2. The molecule has 1 amide bonds. The quantitative estimate of drug-likeness (QED) is 0.688. The van der Waals surface area contributed by atoms with E-state index in [9.17, 15) is 4.79 Å². The van der Waals surface area contributed by atoms with E-state index in [0.717, 1.165) is 35.3 Å². The van der Waals surface area contributed by atoms with Gasteiger partial charge in [-0.3, -0.25) is 4.79 Å². The standard InChI is InChI=1S/C26H26N2O3/c1-18(20-5-3-2-4-6-20)22-9-10-24(31-22)25(29)28-13-11-26(12-14-28)17-30-23-8-7-19(16-27)15-21(23)26/h2-10,15H,1,11-14,16-17,27H2. The first-order valence-electron chi connectivity index (χ1n) is 10.7. The average molecular weight is 415 g/mol. The van der Waals surface area contributed by atoms with E-state index < -0.39 is 0 Å². The minimum atomic E-state index is -0.0724. The van der Waals surface area contributed by atoms with Gasteiger partial charge in [0.15, 0.2) is 5.76 Å². The number of amides is 1. The summed E-state index contributed by atoms with van der Waals surface area (Å²) >= 11 is 0. The minimum Gasteiger partial charge on any atom is -0.492 e. The fraction of sp³-hybridized carbons (Fsp3) is 0.269. The number of ether oxygens (including phenoxy) is 1. The zero-order chi connectivity index (χ0) is 21.4.